The van der Waals surface area contributed by atoms with Gasteiger partial charge in [0.1, 0.15) is 0 Å². The zero-order valence-corrected chi connectivity index (χ0v) is 11.5. The Kier molecular flexibility index (Phi) is 7.69. The summed E-state index contributed by atoms with van der Waals surface area (Å²) in [5.41, 5.74) is 1.09. The summed E-state index contributed by atoms with van der Waals surface area (Å²) in [5.74, 6) is 0.660. The van der Waals surface area contributed by atoms with E-state index in [1.54, 1.807) is 0 Å². The molecule has 0 amide bonds. The first-order valence-electron chi connectivity index (χ1n) is 6.03. The number of ketones is 1. The fourth-order valence-electron chi connectivity index (χ4n) is 2.14. The van der Waals surface area contributed by atoms with Gasteiger partial charge in [-0.15, -0.1) is 12.4 Å². The summed E-state index contributed by atoms with van der Waals surface area (Å²) < 4.78 is 0. The molecule has 3 heteroatoms. The lowest BCUT2D eigenvalue weighted by molar-refractivity contribution is -0.118. The third-order valence-electron chi connectivity index (χ3n) is 2.98. The summed E-state index contributed by atoms with van der Waals surface area (Å²) in [6.07, 6.45) is 7.71. The van der Waals surface area contributed by atoms with Crippen molar-refractivity contribution in [1.82, 2.24) is 4.90 Å². The number of Topliss-reactive ketones (excluding diaryl/α,β-unsaturated/α-hetero) is 1. The molecule has 0 aromatic carbocycles. The predicted molar refractivity (Wildman–Crippen MR) is 71.1 cm³/mol. The molecule has 0 spiro atoms. The second-order valence-corrected chi connectivity index (χ2v) is 4.73. The van der Waals surface area contributed by atoms with Crippen molar-refractivity contribution in [2.45, 2.75) is 39.0 Å². The van der Waals surface area contributed by atoms with Gasteiger partial charge in [-0.05, 0) is 38.9 Å². The van der Waals surface area contributed by atoms with Gasteiger partial charge in [-0.2, -0.15) is 0 Å². The van der Waals surface area contributed by atoms with Crippen LogP contribution in [-0.2, 0) is 4.79 Å². The Balaban J connectivity index is 0.00000225. The van der Waals surface area contributed by atoms with Crippen LogP contribution in [0.2, 0.25) is 0 Å². The maximum Gasteiger partial charge on any atom is 0.162 e. The van der Waals surface area contributed by atoms with Crippen LogP contribution in [0.3, 0.4) is 0 Å². The van der Waals surface area contributed by atoms with Crippen molar-refractivity contribution < 1.29 is 4.79 Å². The van der Waals surface area contributed by atoms with Crippen molar-refractivity contribution in [3.8, 4) is 0 Å². The largest absolute Gasteiger partial charge is 0.309 e. The number of hydrogen-bond donors (Lipinski definition) is 0. The molecule has 1 rings (SSSR count). The van der Waals surface area contributed by atoms with Gasteiger partial charge in [0.2, 0.25) is 0 Å². The SMILES string of the molecule is CCCC/C=C1/CCC(CN(C)C)C1=O.Cl. The average Bonchev–Trinajstić information content (AvgIpc) is 2.49. The molecule has 1 fully saturated rings. The van der Waals surface area contributed by atoms with Crippen molar-refractivity contribution in [3.05, 3.63) is 11.6 Å². The third kappa shape index (κ3) is 4.67. The molecule has 0 saturated heterocycles. The number of unbranched alkanes of at least 4 members (excludes halogenated alkanes) is 2. The van der Waals surface area contributed by atoms with E-state index >= 15 is 0 Å². The van der Waals surface area contributed by atoms with Gasteiger partial charge in [-0.1, -0.05) is 25.8 Å². The van der Waals surface area contributed by atoms with E-state index < -0.39 is 0 Å². The predicted octanol–water partition coefficient (Wildman–Crippen LogP) is 3.07. The molecule has 0 bridgehead atoms. The lowest BCUT2D eigenvalue weighted by Crippen LogP contribution is -2.24. The maximum absolute atomic E-state index is 11.9. The minimum atomic E-state index is 0. The monoisotopic (exact) mass is 245 g/mol. The van der Waals surface area contributed by atoms with Crippen molar-refractivity contribution in [3.63, 3.8) is 0 Å². The van der Waals surface area contributed by atoms with Crippen molar-refractivity contribution >= 4 is 18.2 Å². The second kappa shape index (κ2) is 7.86. The summed E-state index contributed by atoms with van der Waals surface area (Å²) in [6, 6.07) is 0. The molecule has 0 N–H and O–H groups in total. The van der Waals surface area contributed by atoms with Gasteiger partial charge in [0.15, 0.2) is 5.78 Å². The molecule has 1 atom stereocenters. The van der Waals surface area contributed by atoms with Gasteiger partial charge in [0.25, 0.3) is 0 Å². The lowest BCUT2D eigenvalue weighted by atomic mass is 10.1. The van der Waals surface area contributed by atoms with E-state index in [9.17, 15) is 4.79 Å². The minimum absolute atomic E-state index is 0. The Hall–Kier alpha value is -0.340. The van der Waals surface area contributed by atoms with Gasteiger partial charge in [0.05, 0.1) is 0 Å². The van der Waals surface area contributed by atoms with Crippen LogP contribution in [0.15, 0.2) is 11.6 Å². The van der Waals surface area contributed by atoms with Crippen LogP contribution < -0.4 is 0 Å². The van der Waals surface area contributed by atoms with E-state index in [2.05, 4.69) is 17.9 Å². The van der Waals surface area contributed by atoms with Crippen LogP contribution in [0.25, 0.3) is 0 Å². The van der Waals surface area contributed by atoms with E-state index in [1.807, 2.05) is 14.1 Å². The van der Waals surface area contributed by atoms with Gasteiger partial charge in [-0.25, -0.2) is 0 Å². The topological polar surface area (TPSA) is 20.3 Å². The van der Waals surface area contributed by atoms with Gasteiger partial charge < -0.3 is 4.90 Å². The lowest BCUT2D eigenvalue weighted by Gasteiger charge is -2.13. The molecule has 1 aliphatic carbocycles. The third-order valence-corrected chi connectivity index (χ3v) is 2.98. The number of nitrogens with zero attached hydrogens (tertiary/aromatic N) is 1. The van der Waals surface area contributed by atoms with Crippen LogP contribution in [0.5, 0.6) is 0 Å². The zero-order valence-electron chi connectivity index (χ0n) is 10.7. The first kappa shape index (κ1) is 15.7. The van der Waals surface area contributed by atoms with Gasteiger partial charge in [0, 0.05) is 12.5 Å². The van der Waals surface area contributed by atoms with E-state index in [4.69, 9.17) is 0 Å². The van der Waals surface area contributed by atoms with Gasteiger partial charge >= 0.3 is 0 Å². The molecule has 0 heterocycles. The number of hydrogen-bond acceptors (Lipinski definition) is 2. The van der Waals surface area contributed by atoms with E-state index in [0.717, 1.165) is 31.4 Å². The Labute approximate surface area is 105 Å². The molecule has 16 heavy (non-hydrogen) atoms. The zero-order chi connectivity index (χ0) is 11.3. The van der Waals surface area contributed by atoms with Crippen molar-refractivity contribution in [1.29, 1.82) is 0 Å². The average molecular weight is 246 g/mol. The molecule has 0 aliphatic heterocycles. The summed E-state index contributed by atoms with van der Waals surface area (Å²) in [4.78, 5) is 14.0. The summed E-state index contributed by atoms with van der Waals surface area (Å²) >= 11 is 0. The van der Waals surface area contributed by atoms with E-state index in [0.29, 0.717) is 5.78 Å². The number of halogens is 1. The number of carbonyl (C=O) groups is 1. The Morgan fingerprint density at radius 2 is 2.12 bits per heavy atom. The van der Waals surface area contributed by atoms with Crippen LogP contribution in [0.4, 0.5) is 0 Å². The fraction of sp³-hybridized carbons (Fsp3) is 0.769. The molecule has 2 nitrogen and oxygen atoms in total. The highest BCUT2D eigenvalue weighted by Crippen LogP contribution is 2.27. The first-order chi connectivity index (χ1) is 7.15. The number of carbonyl (C=O) groups excluding carboxylic acids is 1. The van der Waals surface area contributed by atoms with Gasteiger partial charge in [-0.3, -0.25) is 4.79 Å². The fourth-order valence-corrected chi connectivity index (χ4v) is 2.14. The van der Waals surface area contributed by atoms with Crippen LogP contribution in [0.1, 0.15) is 39.0 Å². The van der Waals surface area contributed by atoms with Crippen LogP contribution >= 0.6 is 12.4 Å². The van der Waals surface area contributed by atoms with Crippen LogP contribution in [-0.4, -0.2) is 31.3 Å². The molecule has 1 aliphatic rings. The molecular weight excluding hydrogens is 222 g/mol. The Morgan fingerprint density at radius 3 is 2.69 bits per heavy atom. The minimum Gasteiger partial charge on any atom is -0.309 e. The van der Waals surface area contributed by atoms with Crippen LogP contribution in [0, 0.1) is 5.92 Å². The Morgan fingerprint density at radius 1 is 1.44 bits per heavy atom. The standard InChI is InChI=1S/C13H23NO.ClH/c1-4-5-6-7-11-8-9-12(13(11)15)10-14(2)3;/h7,12H,4-6,8-10H2,1-3H3;1H/b11-7-;. The molecule has 1 saturated carbocycles. The van der Waals surface area contributed by atoms with E-state index in [-0.39, 0.29) is 18.3 Å². The molecule has 0 radical (unpaired) electrons. The van der Waals surface area contributed by atoms with Crippen molar-refractivity contribution in [2.75, 3.05) is 20.6 Å². The maximum atomic E-state index is 11.9. The molecule has 94 valence electrons. The van der Waals surface area contributed by atoms with Crippen molar-refractivity contribution in [2.24, 2.45) is 5.92 Å². The quantitative estimate of drug-likeness (QED) is 0.548. The molecular formula is C13H24ClNO. The number of allylic oxidation sites excluding steroid dienone is 2. The Bertz CT molecular complexity index is 248. The summed E-state index contributed by atoms with van der Waals surface area (Å²) in [6.45, 7) is 3.09. The summed E-state index contributed by atoms with van der Waals surface area (Å²) in [7, 11) is 4.07. The summed E-state index contributed by atoms with van der Waals surface area (Å²) in [5, 5.41) is 0. The second-order valence-electron chi connectivity index (χ2n) is 4.73. The van der Waals surface area contributed by atoms with E-state index in [1.165, 1.54) is 12.8 Å². The molecule has 1 unspecified atom stereocenters. The highest BCUT2D eigenvalue weighted by molar-refractivity contribution is 5.99. The smallest absolute Gasteiger partial charge is 0.162 e. The normalized spacial score (nSPS) is 22.9. The first-order valence-corrected chi connectivity index (χ1v) is 6.03. The highest BCUT2D eigenvalue weighted by atomic mass is 35.5. The molecule has 0 aromatic rings. The highest BCUT2D eigenvalue weighted by Gasteiger charge is 2.28. The number of rotatable bonds is 5. The molecule has 0 aromatic heterocycles.